The standard InChI is InChI=1S/C27H34F2N2/c1-4-8-20(2)15-22-13-14-26(27(29)17-22)24(18-30)11-6-5-9-21(3)31-19-23-10-7-12-25(28)16-23/h6-7,10-14,16-18,20,31H,3-5,8-9,15,19,30H2,1-2H3/b11-6-,24-18+. The van der Waals surface area contributed by atoms with Crippen molar-refractivity contribution in [3.8, 4) is 0 Å². The van der Waals surface area contributed by atoms with Crippen LogP contribution in [0.1, 0.15) is 56.2 Å². The molecular formula is C27H34F2N2. The molecule has 0 bridgehead atoms. The summed E-state index contributed by atoms with van der Waals surface area (Å²) in [7, 11) is 0. The lowest BCUT2D eigenvalue weighted by Crippen LogP contribution is -2.11. The van der Waals surface area contributed by atoms with E-state index in [0.717, 1.165) is 48.9 Å². The molecule has 31 heavy (non-hydrogen) atoms. The smallest absolute Gasteiger partial charge is 0.131 e. The molecule has 1 unspecified atom stereocenters. The first-order chi connectivity index (χ1) is 14.9. The van der Waals surface area contributed by atoms with Gasteiger partial charge in [0.15, 0.2) is 0 Å². The van der Waals surface area contributed by atoms with Gasteiger partial charge in [-0.15, -0.1) is 0 Å². The van der Waals surface area contributed by atoms with E-state index < -0.39 is 0 Å². The van der Waals surface area contributed by atoms with Gasteiger partial charge in [0.1, 0.15) is 11.6 Å². The van der Waals surface area contributed by atoms with Crippen LogP contribution in [-0.2, 0) is 13.0 Å². The second-order valence-electron chi connectivity index (χ2n) is 8.06. The second kappa shape index (κ2) is 12.7. The Bertz CT molecular complexity index is 915. The molecule has 2 aromatic rings. The fourth-order valence-corrected chi connectivity index (χ4v) is 3.58. The average molecular weight is 425 g/mol. The van der Waals surface area contributed by atoms with Crippen LogP contribution in [0.3, 0.4) is 0 Å². The maximum Gasteiger partial charge on any atom is 0.131 e. The minimum Gasteiger partial charge on any atom is -0.404 e. The van der Waals surface area contributed by atoms with Crippen molar-refractivity contribution in [1.82, 2.24) is 5.32 Å². The van der Waals surface area contributed by atoms with Crippen LogP contribution in [0.15, 0.2) is 73.1 Å². The molecule has 0 aliphatic heterocycles. The Morgan fingerprint density at radius 1 is 1.16 bits per heavy atom. The van der Waals surface area contributed by atoms with Gasteiger partial charge in [-0.25, -0.2) is 8.78 Å². The first kappa shape index (κ1) is 24.4. The lowest BCUT2D eigenvalue weighted by Gasteiger charge is -2.12. The third-order valence-electron chi connectivity index (χ3n) is 5.23. The maximum atomic E-state index is 14.7. The van der Waals surface area contributed by atoms with Gasteiger partial charge in [0, 0.05) is 24.0 Å². The third kappa shape index (κ3) is 8.41. The van der Waals surface area contributed by atoms with Crippen molar-refractivity contribution in [3.05, 3.63) is 101 Å². The molecule has 2 nitrogen and oxygen atoms in total. The Labute approximate surface area is 185 Å². The molecule has 0 fully saturated rings. The number of halogens is 2. The molecule has 0 spiro atoms. The van der Waals surface area contributed by atoms with Crippen LogP contribution >= 0.6 is 0 Å². The van der Waals surface area contributed by atoms with Gasteiger partial charge < -0.3 is 11.1 Å². The molecule has 4 heteroatoms. The Hall–Kier alpha value is -2.88. The fourth-order valence-electron chi connectivity index (χ4n) is 3.58. The molecule has 0 radical (unpaired) electrons. The highest BCUT2D eigenvalue weighted by atomic mass is 19.1. The first-order valence-corrected chi connectivity index (χ1v) is 11.0. The molecule has 0 amide bonds. The molecule has 0 saturated heterocycles. The highest BCUT2D eigenvalue weighted by Gasteiger charge is 2.09. The topological polar surface area (TPSA) is 38.0 Å². The molecule has 0 aromatic heterocycles. The highest BCUT2D eigenvalue weighted by Crippen LogP contribution is 2.23. The summed E-state index contributed by atoms with van der Waals surface area (Å²) in [6.45, 7) is 8.91. The maximum absolute atomic E-state index is 14.7. The van der Waals surface area contributed by atoms with E-state index in [4.69, 9.17) is 5.73 Å². The lowest BCUT2D eigenvalue weighted by atomic mass is 9.95. The highest BCUT2D eigenvalue weighted by molar-refractivity contribution is 5.74. The lowest BCUT2D eigenvalue weighted by molar-refractivity contribution is 0.520. The van der Waals surface area contributed by atoms with Crippen LogP contribution in [0.25, 0.3) is 5.57 Å². The predicted molar refractivity (Wildman–Crippen MR) is 127 cm³/mol. The minimum atomic E-state index is -0.247. The van der Waals surface area contributed by atoms with Crippen molar-refractivity contribution in [2.24, 2.45) is 11.7 Å². The van der Waals surface area contributed by atoms with Crippen molar-refractivity contribution in [2.45, 2.75) is 52.5 Å². The first-order valence-electron chi connectivity index (χ1n) is 11.0. The Kier molecular flexibility index (Phi) is 10.0. The predicted octanol–water partition coefficient (Wildman–Crippen LogP) is 6.88. The van der Waals surface area contributed by atoms with E-state index in [2.05, 4.69) is 25.7 Å². The molecule has 0 aliphatic carbocycles. The van der Waals surface area contributed by atoms with Crippen molar-refractivity contribution in [3.63, 3.8) is 0 Å². The van der Waals surface area contributed by atoms with E-state index in [-0.39, 0.29) is 11.6 Å². The van der Waals surface area contributed by atoms with Crippen LogP contribution in [-0.4, -0.2) is 0 Å². The minimum absolute atomic E-state index is 0.246. The molecule has 0 aliphatic rings. The average Bonchev–Trinajstić information content (AvgIpc) is 2.73. The van der Waals surface area contributed by atoms with Crippen LogP contribution in [0, 0.1) is 17.6 Å². The van der Waals surface area contributed by atoms with Gasteiger partial charge in [0.25, 0.3) is 0 Å². The van der Waals surface area contributed by atoms with Gasteiger partial charge in [-0.05, 0) is 60.1 Å². The Morgan fingerprint density at radius 2 is 1.97 bits per heavy atom. The summed E-state index contributed by atoms with van der Waals surface area (Å²) in [5.41, 5.74) is 9.67. The number of hydrogen-bond donors (Lipinski definition) is 2. The zero-order valence-electron chi connectivity index (χ0n) is 18.6. The van der Waals surface area contributed by atoms with Crippen molar-refractivity contribution < 1.29 is 8.78 Å². The van der Waals surface area contributed by atoms with E-state index in [1.54, 1.807) is 12.1 Å². The van der Waals surface area contributed by atoms with Crippen LogP contribution in [0.5, 0.6) is 0 Å². The van der Waals surface area contributed by atoms with Gasteiger partial charge in [-0.1, -0.05) is 69.7 Å². The van der Waals surface area contributed by atoms with Gasteiger partial charge in [-0.2, -0.15) is 0 Å². The van der Waals surface area contributed by atoms with Crippen molar-refractivity contribution in [2.75, 3.05) is 0 Å². The Balaban J connectivity index is 1.85. The summed E-state index contributed by atoms with van der Waals surface area (Å²) >= 11 is 0. The zero-order chi connectivity index (χ0) is 22.6. The van der Waals surface area contributed by atoms with Crippen molar-refractivity contribution in [1.29, 1.82) is 0 Å². The quantitative estimate of drug-likeness (QED) is 0.364. The molecule has 2 rings (SSSR count). The van der Waals surface area contributed by atoms with Crippen molar-refractivity contribution >= 4 is 5.57 Å². The van der Waals surface area contributed by atoms with Crippen LogP contribution < -0.4 is 11.1 Å². The number of allylic oxidation sites excluding steroid dienone is 4. The number of hydrogen-bond acceptors (Lipinski definition) is 2. The van der Waals surface area contributed by atoms with Crippen LogP contribution in [0.2, 0.25) is 0 Å². The number of benzene rings is 2. The van der Waals surface area contributed by atoms with E-state index in [0.29, 0.717) is 23.6 Å². The monoisotopic (exact) mass is 424 g/mol. The molecule has 2 aromatic carbocycles. The molecule has 3 N–H and O–H groups in total. The molecular weight excluding hydrogens is 390 g/mol. The summed E-state index contributed by atoms with van der Waals surface area (Å²) in [5.74, 6) is 0.0516. The summed E-state index contributed by atoms with van der Waals surface area (Å²) in [6, 6.07) is 11.9. The molecule has 0 saturated carbocycles. The van der Waals surface area contributed by atoms with E-state index in [1.807, 2.05) is 30.4 Å². The van der Waals surface area contributed by atoms with Gasteiger partial charge in [0.2, 0.25) is 0 Å². The molecule has 0 heterocycles. The van der Waals surface area contributed by atoms with Gasteiger partial charge in [-0.3, -0.25) is 0 Å². The Morgan fingerprint density at radius 3 is 2.65 bits per heavy atom. The van der Waals surface area contributed by atoms with Gasteiger partial charge in [0.05, 0.1) is 0 Å². The van der Waals surface area contributed by atoms with Gasteiger partial charge >= 0.3 is 0 Å². The normalized spacial score (nSPS) is 12.8. The van der Waals surface area contributed by atoms with E-state index >= 15 is 0 Å². The van der Waals surface area contributed by atoms with E-state index in [1.165, 1.54) is 18.3 Å². The number of nitrogens with two attached hydrogens (primary N) is 1. The summed E-state index contributed by atoms with van der Waals surface area (Å²) in [6.07, 6.45) is 9.86. The fraction of sp³-hybridized carbons (Fsp3) is 0.333. The zero-order valence-corrected chi connectivity index (χ0v) is 18.6. The summed E-state index contributed by atoms with van der Waals surface area (Å²) < 4.78 is 27.9. The largest absolute Gasteiger partial charge is 0.404 e. The SMILES string of the molecule is C=C(CC/C=C\C(=C/N)c1ccc(CC(C)CCC)cc1F)NCc1cccc(F)c1. The second-order valence-corrected chi connectivity index (χ2v) is 8.06. The summed E-state index contributed by atoms with van der Waals surface area (Å²) in [5, 5.41) is 3.21. The van der Waals surface area contributed by atoms with E-state index in [9.17, 15) is 8.78 Å². The molecule has 1 atom stereocenters. The third-order valence-corrected chi connectivity index (χ3v) is 5.23. The number of rotatable bonds is 12. The van der Waals surface area contributed by atoms with Crippen LogP contribution in [0.4, 0.5) is 8.78 Å². The number of nitrogens with one attached hydrogen (secondary N) is 1. The molecule has 166 valence electrons. The summed E-state index contributed by atoms with van der Waals surface area (Å²) in [4.78, 5) is 0.